The van der Waals surface area contributed by atoms with Crippen molar-refractivity contribution in [3.8, 4) is 0 Å². The summed E-state index contributed by atoms with van der Waals surface area (Å²) in [6.45, 7) is 11.8. The van der Waals surface area contributed by atoms with Crippen molar-refractivity contribution >= 4 is 7.82 Å². The van der Waals surface area contributed by atoms with E-state index in [-0.39, 0.29) is 36.8 Å². The van der Waals surface area contributed by atoms with Gasteiger partial charge in [-0.25, -0.2) is 0 Å². The number of phosphoric acid groups is 1. The predicted octanol–water partition coefficient (Wildman–Crippen LogP) is 2.59. The molecule has 4 unspecified atom stereocenters. The zero-order valence-corrected chi connectivity index (χ0v) is 13.6. The first-order valence-corrected chi connectivity index (χ1v) is 8.39. The first-order chi connectivity index (χ1) is 8.64. The van der Waals surface area contributed by atoms with Crippen LogP contribution in [0.25, 0.3) is 0 Å². The van der Waals surface area contributed by atoms with Gasteiger partial charge in [0.1, 0.15) is 0 Å². The molecule has 1 rings (SSSR count). The molecule has 0 spiro atoms. The number of hydrogen-bond donors (Lipinski definition) is 0. The summed E-state index contributed by atoms with van der Waals surface area (Å²) in [5.74, 6) is 0.542. The number of phosphoric ester groups is 1. The molecule has 4 atom stereocenters. The quantitative estimate of drug-likeness (QED) is 0.675. The van der Waals surface area contributed by atoms with Crippen molar-refractivity contribution in [3.05, 3.63) is 0 Å². The average molecular weight is 293 g/mol. The van der Waals surface area contributed by atoms with E-state index in [0.29, 0.717) is 5.92 Å². The summed E-state index contributed by atoms with van der Waals surface area (Å²) in [6.07, 6.45) is -0.348. The van der Waals surface area contributed by atoms with E-state index in [0.717, 1.165) is 0 Å². The zero-order chi connectivity index (χ0) is 14.8. The van der Waals surface area contributed by atoms with E-state index in [4.69, 9.17) is 13.8 Å². The molecule has 0 amide bonds. The molecule has 0 aromatic heterocycles. The van der Waals surface area contributed by atoms with E-state index >= 15 is 0 Å². The van der Waals surface area contributed by atoms with Crippen molar-refractivity contribution in [2.24, 2.45) is 17.8 Å². The minimum atomic E-state index is -4.27. The third-order valence-corrected chi connectivity index (χ3v) is 4.65. The van der Waals surface area contributed by atoms with E-state index in [9.17, 15) is 9.46 Å². The van der Waals surface area contributed by atoms with Gasteiger partial charge in [-0.05, 0) is 18.8 Å². The Balaban J connectivity index is 2.45. The van der Waals surface area contributed by atoms with Gasteiger partial charge in [0.2, 0.25) is 0 Å². The van der Waals surface area contributed by atoms with Gasteiger partial charge in [-0.2, -0.15) is 0 Å². The molecule has 0 aliphatic carbocycles. The molecule has 0 saturated carbocycles. The van der Waals surface area contributed by atoms with Gasteiger partial charge in [0.25, 0.3) is 7.82 Å². The molecule has 114 valence electrons. The molecular formula is C13H26O5P-. The molecule has 0 aromatic carbocycles. The maximum Gasteiger partial charge on any atom is 0.268 e. The van der Waals surface area contributed by atoms with Crippen LogP contribution in [0.2, 0.25) is 0 Å². The van der Waals surface area contributed by atoms with Gasteiger partial charge in [-0.1, -0.05) is 34.6 Å². The van der Waals surface area contributed by atoms with Crippen LogP contribution in [0.1, 0.15) is 41.5 Å². The molecular weight excluding hydrogens is 267 g/mol. The third kappa shape index (κ3) is 4.83. The largest absolute Gasteiger partial charge is 0.756 e. The highest BCUT2D eigenvalue weighted by Crippen LogP contribution is 2.44. The Hall–Kier alpha value is 0.0700. The van der Waals surface area contributed by atoms with Crippen LogP contribution in [0.5, 0.6) is 0 Å². The SMILES string of the molecule is CC(C)C(OP(=O)([O-])OCC1OC(C)C1C)C(C)C. The third-order valence-electron chi connectivity index (χ3n) is 3.68. The van der Waals surface area contributed by atoms with E-state index < -0.39 is 7.82 Å². The van der Waals surface area contributed by atoms with Crippen LogP contribution in [0.15, 0.2) is 0 Å². The summed E-state index contributed by atoms with van der Waals surface area (Å²) in [5, 5.41) is 0. The van der Waals surface area contributed by atoms with E-state index in [1.807, 2.05) is 41.5 Å². The first kappa shape index (κ1) is 17.1. The van der Waals surface area contributed by atoms with Crippen LogP contribution >= 0.6 is 7.82 Å². The Kier molecular flexibility index (Phi) is 6.02. The summed E-state index contributed by atoms with van der Waals surface area (Å²) >= 11 is 0. The first-order valence-electron chi connectivity index (χ1n) is 6.93. The maximum atomic E-state index is 11.8. The lowest BCUT2D eigenvalue weighted by atomic mass is 9.93. The van der Waals surface area contributed by atoms with Crippen LogP contribution in [-0.2, 0) is 18.3 Å². The topological polar surface area (TPSA) is 67.8 Å². The summed E-state index contributed by atoms with van der Waals surface area (Å²) < 4.78 is 27.3. The second-order valence-corrected chi connectivity index (χ2v) is 7.40. The molecule has 1 fully saturated rings. The van der Waals surface area contributed by atoms with Gasteiger partial charge in [0, 0.05) is 5.92 Å². The molecule has 1 aliphatic rings. The number of rotatable bonds is 7. The van der Waals surface area contributed by atoms with Gasteiger partial charge in [0.15, 0.2) is 0 Å². The highest BCUT2D eigenvalue weighted by Gasteiger charge is 2.36. The van der Waals surface area contributed by atoms with Crippen molar-refractivity contribution < 1.29 is 23.2 Å². The van der Waals surface area contributed by atoms with Crippen molar-refractivity contribution in [2.45, 2.75) is 59.9 Å². The molecule has 0 N–H and O–H groups in total. The maximum absolute atomic E-state index is 11.8. The van der Waals surface area contributed by atoms with E-state index in [2.05, 4.69) is 0 Å². The molecule has 1 saturated heterocycles. The minimum Gasteiger partial charge on any atom is -0.756 e. The van der Waals surface area contributed by atoms with Gasteiger partial charge < -0.3 is 18.7 Å². The van der Waals surface area contributed by atoms with Crippen LogP contribution in [0.3, 0.4) is 0 Å². The van der Waals surface area contributed by atoms with Crippen molar-refractivity contribution in [3.63, 3.8) is 0 Å². The van der Waals surface area contributed by atoms with Crippen LogP contribution in [0, 0.1) is 17.8 Å². The minimum absolute atomic E-state index is 0.0369. The van der Waals surface area contributed by atoms with Crippen molar-refractivity contribution in [1.82, 2.24) is 0 Å². The van der Waals surface area contributed by atoms with Crippen LogP contribution in [-0.4, -0.2) is 24.9 Å². The van der Waals surface area contributed by atoms with Gasteiger partial charge in [-0.3, -0.25) is 4.57 Å². The van der Waals surface area contributed by atoms with E-state index in [1.54, 1.807) is 0 Å². The second-order valence-electron chi connectivity index (χ2n) is 6.04. The highest BCUT2D eigenvalue weighted by atomic mass is 31.2. The monoisotopic (exact) mass is 293 g/mol. The summed E-state index contributed by atoms with van der Waals surface area (Å²) in [6, 6.07) is 0. The summed E-state index contributed by atoms with van der Waals surface area (Å²) in [7, 11) is -4.27. The fourth-order valence-electron chi connectivity index (χ4n) is 2.28. The number of ether oxygens (including phenoxy) is 1. The standard InChI is InChI=1S/C13H27O5P/c1-8(2)13(9(3)4)18-19(14,15)16-7-12-10(5)11(6)17-12/h8-13H,7H2,1-6H3,(H,14,15)/p-1. The molecule has 19 heavy (non-hydrogen) atoms. The molecule has 1 heterocycles. The Morgan fingerprint density at radius 3 is 2.11 bits per heavy atom. The van der Waals surface area contributed by atoms with Crippen molar-refractivity contribution in [1.29, 1.82) is 0 Å². The van der Waals surface area contributed by atoms with E-state index in [1.165, 1.54) is 0 Å². The lowest BCUT2D eigenvalue weighted by molar-refractivity contribution is -0.244. The normalized spacial score (nSPS) is 30.7. The fraction of sp³-hybridized carbons (Fsp3) is 1.00. The smallest absolute Gasteiger partial charge is 0.268 e. The number of hydrogen-bond acceptors (Lipinski definition) is 5. The Labute approximate surface area is 116 Å². The molecule has 5 nitrogen and oxygen atoms in total. The molecule has 6 heteroatoms. The lowest BCUT2D eigenvalue weighted by Gasteiger charge is -2.42. The Morgan fingerprint density at radius 2 is 1.74 bits per heavy atom. The molecule has 0 radical (unpaired) electrons. The molecule has 0 bridgehead atoms. The Bertz CT molecular complexity index is 323. The molecule has 1 aliphatic heterocycles. The molecule has 0 aromatic rings. The second kappa shape index (κ2) is 6.68. The Morgan fingerprint density at radius 1 is 1.21 bits per heavy atom. The summed E-state index contributed by atoms with van der Waals surface area (Å²) in [4.78, 5) is 11.8. The summed E-state index contributed by atoms with van der Waals surface area (Å²) in [5.41, 5.74) is 0. The van der Waals surface area contributed by atoms with Crippen LogP contribution < -0.4 is 4.89 Å². The zero-order valence-electron chi connectivity index (χ0n) is 12.7. The predicted molar refractivity (Wildman–Crippen MR) is 71.6 cm³/mol. The highest BCUT2D eigenvalue weighted by molar-refractivity contribution is 7.45. The van der Waals surface area contributed by atoms with Gasteiger partial charge in [-0.15, -0.1) is 0 Å². The average Bonchev–Trinajstić information content (AvgIpc) is 2.30. The van der Waals surface area contributed by atoms with Crippen molar-refractivity contribution in [2.75, 3.05) is 6.61 Å². The van der Waals surface area contributed by atoms with Crippen LogP contribution in [0.4, 0.5) is 0 Å². The fourth-order valence-corrected chi connectivity index (χ4v) is 3.46. The van der Waals surface area contributed by atoms with Gasteiger partial charge in [0.05, 0.1) is 24.9 Å². The lowest BCUT2D eigenvalue weighted by Crippen LogP contribution is -2.48. The van der Waals surface area contributed by atoms with Gasteiger partial charge >= 0.3 is 0 Å².